The summed E-state index contributed by atoms with van der Waals surface area (Å²) in [6.07, 6.45) is -2.29. The average molecular weight is 242 g/mol. The Morgan fingerprint density at radius 3 is 2.47 bits per heavy atom. The van der Waals surface area contributed by atoms with Gasteiger partial charge in [0.2, 0.25) is 0 Å². The second-order valence-corrected chi connectivity index (χ2v) is 4.86. The number of hydrogen-bond acceptors (Lipinski definition) is 1. The molecule has 0 atom stereocenters. The Balaban J connectivity index is 3.01. The van der Waals surface area contributed by atoms with E-state index < -0.39 is 17.8 Å². The van der Waals surface area contributed by atoms with Crippen LogP contribution in [0, 0.1) is 12.3 Å². The van der Waals surface area contributed by atoms with Crippen LogP contribution in [0.15, 0.2) is 18.2 Å². The van der Waals surface area contributed by atoms with Crippen LogP contribution in [0.3, 0.4) is 0 Å². The Morgan fingerprint density at radius 1 is 1.41 bits per heavy atom. The zero-order valence-electron chi connectivity index (χ0n) is 10.1. The van der Waals surface area contributed by atoms with E-state index in [1.165, 1.54) is 6.07 Å². The van der Waals surface area contributed by atoms with Crippen LogP contribution in [0.5, 0.6) is 0 Å². The summed E-state index contributed by atoms with van der Waals surface area (Å²) in [5.74, 6) is -0.934. The van der Waals surface area contributed by atoms with Gasteiger partial charge in [-0.3, -0.25) is 4.79 Å². The quantitative estimate of drug-likeness (QED) is 0.876. The maximum atomic E-state index is 12.7. The van der Waals surface area contributed by atoms with Crippen molar-refractivity contribution >= 4 is 5.97 Å². The van der Waals surface area contributed by atoms with Crippen molar-refractivity contribution in [3.05, 3.63) is 34.9 Å². The number of alkyl halides is 2. The third-order valence-electron chi connectivity index (χ3n) is 2.80. The Morgan fingerprint density at radius 2 is 2.00 bits per heavy atom. The normalized spacial score (nSPS) is 11.9. The van der Waals surface area contributed by atoms with Crippen LogP contribution in [0.2, 0.25) is 0 Å². The number of carboxylic acid groups (broad SMARTS) is 1. The molecule has 1 aromatic rings. The summed E-state index contributed by atoms with van der Waals surface area (Å²) in [5, 5.41) is 8.99. The summed E-state index contributed by atoms with van der Waals surface area (Å²) in [6.45, 7) is 4.78. The van der Waals surface area contributed by atoms with Gasteiger partial charge in [0.25, 0.3) is 6.43 Å². The van der Waals surface area contributed by atoms with Gasteiger partial charge < -0.3 is 5.11 Å². The third-order valence-corrected chi connectivity index (χ3v) is 2.80. The van der Waals surface area contributed by atoms with E-state index >= 15 is 0 Å². The van der Waals surface area contributed by atoms with Crippen molar-refractivity contribution < 1.29 is 18.7 Å². The minimum Gasteiger partial charge on any atom is -0.481 e. The molecule has 0 saturated heterocycles. The molecule has 1 aromatic carbocycles. The molecule has 0 unspecified atom stereocenters. The molecule has 1 N–H and O–H groups in total. The minimum absolute atomic E-state index is 0.0244. The standard InChI is InChI=1S/C13H16F2O2/c1-8-4-5-9(6-10(8)11(14)15)7-13(2,3)12(16)17/h4-6,11H,7H2,1-3H3,(H,16,17). The molecular weight excluding hydrogens is 226 g/mol. The van der Waals surface area contributed by atoms with Crippen LogP contribution >= 0.6 is 0 Å². The van der Waals surface area contributed by atoms with E-state index in [-0.39, 0.29) is 12.0 Å². The molecule has 0 aliphatic carbocycles. The van der Waals surface area contributed by atoms with E-state index in [0.29, 0.717) is 11.1 Å². The van der Waals surface area contributed by atoms with Crippen LogP contribution in [0.1, 0.15) is 37.0 Å². The molecule has 4 heteroatoms. The first-order chi connectivity index (χ1) is 7.74. The highest BCUT2D eigenvalue weighted by atomic mass is 19.3. The molecule has 0 aliphatic heterocycles. The van der Waals surface area contributed by atoms with Crippen molar-refractivity contribution in [3.63, 3.8) is 0 Å². The fourth-order valence-corrected chi connectivity index (χ4v) is 1.62. The second-order valence-electron chi connectivity index (χ2n) is 4.86. The summed E-state index contributed by atoms with van der Waals surface area (Å²) in [6, 6.07) is 4.70. The van der Waals surface area contributed by atoms with E-state index in [1.807, 2.05) is 0 Å². The molecule has 0 heterocycles. The van der Waals surface area contributed by atoms with Gasteiger partial charge >= 0.3 is 5.97 Å². The van der Waals surface area contributed by atoms with E-state index in [1.54, 1.807) is 32.9 Å². The largest absolute Gasteiger partial charge is 0.481 e. The van der Waals surface area contributed by atoms with E-state index in [2.05, 4.69) is 0 Å². The summed E-state index contributed by atoms with van der Waals surface area (Å²) in [7, 11) is 0. The number of aliphatic carboxylic acids is 1. The van der Waals surface area contributed by atoms with Crippen LogP contribution < -0.4 is 0 Å². The van der Waals surface area contributed by atoms with Crippen molar-refractivity contribution in [2.24, 2.45) is 5.41 Å². The third kappa shape index (κ3) is 3.25. The Bertz CT molecular complexity index is 425. The van der Waals surface area contributed by atoms with Gasteiger partial charge in [-0.2, -0.15) is 0 Å². The molecule has 0 amide bonds. The summed E-state index contributed by atoms with van der Waals surface area (Å²) in [4.78, 5) is 11.0. The van der Waals surface area contributed by atoms with E-state index in [4.69, 9.17) is 5.11 Å². The second kappa shape index (κ2) is 4.82. The predicted molar refractivity (Wildman–Crippen MR) is 61.3 cm³/mol. The molecule has 0 radical (unpaired) electrons. The molecule has 0 aliphatic rings. The molecule has 0 spiro atoms. The first-order valence-electron chi connectivity index (χ1n) is 5.35. The number of benzene rings is 1. The highest BCUT2D eigenvalue weighted by molar-refractivity contribution is 5.74. The van der Waals surface area contributed by atoms with Gasteiger partial charge in [0.1, 0.15) is 0 Å². The minimum atomic E-state index is -2.53. The Kier molecular flexibility index (Phi) is 3.86. The first kappa shape index (κ1) is 13.6. The van der Waals surface area contributed by atoms with Crippen molar-refractivity contribution in [2.75, 3.05) is 0 Å². The molecule has 2 nitrogen and oxygen atoms in total. The van der Waals surface area contributed by atoms with Gasteiger partial charge in [0.15, 0.2) is 0 Å². The lowest BCUT2D eigenvalue weighted by Gasteiger charge is -2.19. The molecule has 0 fully saturated rings. The predicted octanol–water partition coefficient (Wildman–Crippen LogP) is 3.59. The van der Waals surface area contributed by atoms with Gasteiger partial charge in [-0.1, -0.05) is 12.1 Å². The summed E-state index contributed by atoms with van der Waals surface area (Å²) in [5.41, 5.74) is 0.174. The highest BCUT2D eigenvalue weighted by Crippen LogP contribution is 2.27. The van der Waals surface area contributed by atoms with Crippen molar-refractivity contribution in [1.29, 1.82) is 0 Å². The van der Waals surface area contributed by atoms with Gasteiger partial charge in [0.05, 0.1) is 5.41 Å². The van der Waals surface area contributed by atoms with Crippen molar-refractivity contribution in [3.8, 4) is 0 Å². The topological polar surface area (TPSA) is 37.3 Å². The molecule has 0 bridgehead atoms. The van der Waals surface area contributed by atoms with E-state index in [9.17, 15) is 13.6 Å². The Hall–Kier alpha value is -1.45. The van der Waals surface area contributed by atoms with Gasteiger partial charge in [-0.15, -0.1) is 0 Å². The average Bonchev–Trinajstić information content (AvgIpc) is 2.20. The molecule has 17 heavy (non-hydrogen) atoms. The number of rotatable bonds is 4. The lowest BCUT2D eigenvalue weighted by atomic mass is 9.85. The monoisotopic (exact) mass is 242 g/mol. The lowest BCUT2D eigenvalue weighted by molar-refractivity contribution is -0.146. The van der Waals surface area contributed by atoms with Gasteiger partial charge in [0, 0.05) is 5.56 Å². The van der Waals surface area contributed by atoms with Crippen LogP contribution in [0.25, 0.3) is 0 Å². The first-order valence-corrected chi connectivity index (χ1v) is 5.35. The summed E-state index contributed by atoms with van der Waals surface area (Å²) < 4.78 is 25.4. The molecule has 0 aromatic heterocycles. The van der Waals surface area contributed by atoms with Crippen LogP contribution in [-0.2, 0) is 11.2 Å². The maximum Gasteiger partial charge on any atom is 0.309 e. The SMILES string of the molecule is Cc1ccc(CC(C)(C)C(=O)O)cc1C(F)F. The van der Waals surface area contributed by atoms with Gasteiger partial charge in [-0.25, -0.2) is 8.78 Å². The van der Waals surface area contributed by atoms with Crippen molar-refractivity contribution in [2.45, 2.75) is 33.6 Å². The summed E-state index contributed by atoms with van der Waals surface area (Å²) >= 11 is 0. The number of aryl methyl sites for hydroxylation is 1. The Labute approximate surface area is 99.3 Å². The van der Waals surface area contributed by atoms with Crippen LogP contribution in [0.4, 0.5) is 8.78 Å². The van der Waals surface area contributed by atoms with E-state index in [0.717, 1.165) is 0 Å². The zero-order chi connectivity index (χ0) is 13.2. The maximum absolute atomic E-state index is 12.7. The zero-order valence-corrected chi connectivity index (χ0v) is 10.1. The lowest BCUT2D eigenvalue weighted by Crippen LogP contribution is -2.26. The molecule has 1 rings (SSSR count). The number of halogens is 2. The van der Waals surface area contributed by atoms with Crippen LogP contribution in [-0.4, -0.2) is 11.1 Å². The van der Waals surface area contributed by atoms with Crippen molar-refractivity contribution in [1.82, 2.24) is 0 Å². The van der Waals surface area contributed by atoms with Gasteiger partial charge in [-0.05, 0) is 44.4 Å². The number of hydrogen-bond donors (Lipinski definition) is 1. The fraction of sp³-hybridized carbons (Fsp3) is 0.462. The fourth-order valence-electron chi connectivity index (χ4n) is 1.62. The highest BCUT2D eigenvalue weighted by Gasteiger charge is 2.27. The number of carbonyl (C=O) groups is 1. The smallest absolute Gasteiger partial charge is 0.309 e. The molecular formula is C13H16F2O2. The number of carboxylic acids is 1. The molecule has 0 saturated carbocycles. The molecule has 94 valence electrons.